The Labute approximate surface area is 425 Å². The molecule has 3 aromatic carbocycles. The molecule has 0 saturated carbocycles. The van der Waals surface area contributed by atoms with Gasteiger partial charge >= 0.3 is 0 Å². The summed E-state index contributed by atoms with van der Waals surface area (Å²) in [6, 6.07) is 16.3. The number of imidazole rings is 1. The van der Waals surface area contributed by atoms with Gasteiger partial charge in [-0.3, -0.25) is 38.7 Å². The number of fused-ring (bicyclic) bond motifs is 2. The summed E-state index contributed by atoms with van der Waals surface area (Å²) in [5, 5.41) is 13.4. The lowest BCUT2D eigenvalue weighted by atomic mass is 10.0. The quantitative estimate of drug-likeness (QED) is 0.0459. The maximum atomic E-state index is 13.3. The van der Waals surface area contributed by atoms with E-state index in [4.69, 9.17) is 30.6 Å². The van der Waals surface area contributed by atoms with E-state index < -0.39 is 23.8 Å². The molecule has 17 nitrogen and oxygen atoms in total. The molecule has 3 aliphatic heterocycles. The number of ether oxygens (including phenoxy) is 2. The monoisotopic (exact) mass is 1000 g/mol. The Bertz CT molecular complexity index is 2800. The average Bonchev–Trinajstić information content (AvgIpc) is 3.98. The molecule has 0 bridgehead atoms. The van der Waals surface area contributed by atoms with E-state index in [0.29, 0.717) is 48.9 Å². The number of carbonyl (C=O) groups excluding carboxylic acids is 5. The predicted octanol–water partition coefficient (Wildman–Crippen LogP) is 6.80. The number of carbonyl (C=O) groups is 5. The summed E-state index contributed by atoms with van der Waals surface area (Å²) in [4.78, 5) is 75.4. The van der Waals surface area contributed by atoms with Crippen molar-refractivity contribution in [3.05, 3.63) is 106 Å². The van der Waals surface area contributed by atoms with E-state index in [9.17, 15) is 24.0 Å². The molecule has 3 N–H and O–H groups in total. The zero-order chi connectivity index (χ0) is 50.9. The van der Waals surface area contributed by atoms with Crippen LogP contribution in [0, 0.1) is 13.8 Å². The summed E-state index contributed by atoms with van der Waals surface area (Å²) in [6.45, 7) is 15.3. The van der Waals surface area contributed by atoms with Crippen LogP contribution in [-0.4, -0.2) is 131 Å². The van der Waals surface area contributed by atoms with Gasteiger partial charge < -0.3 is 34.5 Å². The molecule has 3 aliphatic rings. The Morgan fingerprint density at radius 3 is 2.32 bits per heavy atom. The van der Waals surface area contributed by atoms with Crippen LogP contribution in [0.15, 0.2) is 71.4 Å². The van der Waals surface area contributed by atoms with Gasteiger partial charge in [0.1, 0.15) is 29.1 Å². The van der Waals surface area contributed by atoms with Crippen LogP contribution < -0.4 is 25.4 Å². The molecule has 382 valence electrons. The molecule has 2 aromatic heterocycles. The van der Waals surface area contributed by atoms with Crippen LogP contribution in [0.2, 0.25) is 5.02 Å². The first-order valence-corrected chi connectivity index (χ1v) is 25.5. The number of amides is 5. The first-order valence-electron chi connectivity index (χ1n) is 25.2. The Hall–Kier alpha value is -6.56. The Morgan fingerprint density at radius 1 is 0.889 bits per heavy atom. The molecule has 8 rings (SSSR count). The van der Waals surface area contributed by atoms with Crippen molar-refractivity contribution in [2.75, 3.05) is 59.5 Å². The van der Waals surface area contributed by atoms with Crippen LogP contribution in [-0.2, 0) is 33.8 Å². The number of rotatable bonds is 23. The van der Waals surface area contributed by atoms with Crippen molar-refractivity contribution < 1.29 is 38.0 Å². The van der Waals surface area contributed by atoms with Gasteiger partial charge in [0.2, 0.25) is 11.8 Å². The van der Waals surface area contributed by atoms with Crippen molar-refractivity contribution in [3.8, 4) is 22.6 Å². The van der Waals surface area contributed by atoms with E-state index >= 15 is 0 Å². The van der Waals surface area contributed by atoms with Crippen molar-refractivity contribution in [1.82, 2.24) is 45.4 Å². The second-order valence-corrected chi connectivity index (χ2v) is 19.5. The fourth-order valence-corrected chi connectivity index (χ4v) is 10.3. The van der Waals surface area contributed by atoms with Gasteiger partial charge in [0.15, 0.2) is 6.61 Å². The van der Waals surface area contributed by atoms with Gasteiger partial charge in [-0.05, 0) is 100 Å². The van der Waals surface area contributed by atoms with Gasteiger partial charge in [-0.2, -0.15) is 0 Å². The third kappa shape index (κ3) is 12.2. The number of hydrogen-bond acceptors (Lipinski definition) is 12. The second-order valence-electron chi connectivity index (χ2n) is 19.1. The number of unbranched alkanes of at least 4 members (excludes halogenated alkanes) is 5. The highest BCUT2D eigenvalue weighted by Gasteiger charge is 2.45. The van der Waals surface area contributed by atoms with E-state index in [-0.39, 0.29) is 41.3 Å². The van der Waals surface area contributed by atoms with E-state index in [2.05, 4.69) is 73.2 Å². The van der Waals surface area contributed by atoms with E-state index in [1.807, 2.05) is 26.0 Å². The van der Waals surface area contributed by atoms with E-state index in [0.717, 1.165) is 134 Å². The number of halogens is 1. The molecule has 2 saturated heterocycles. The van der Waals surface area contributed by atoms with Gasteiger partial charge in [-0.15, -0.1) is 0 Å². The number of piperidine rings is 1. The summed E-state index contributed by atoms with van der Waals surface area (Å²) < 4.78 is 18.9. The fraction of sp³-hybridized carbons (Fsp3) is 0.463. The summed E-state index contributed by atoms with van der Waals surface area (Å²) in [5.74, 6) is 0.695. The van der Waals surface area contributed by atoms with Crippen molar-refractivity contribution in [1.29, 1.82) is 0 Å². The number of nitrogens with one attached hydrogen (secondary N) is 3. The third-order valence-corrected chi connectivity index (χ3v) is 14.3. The zero-order valence-electron chi connectivity index (χ0n) is 41.8. The smallest absolute Gasteiger partial charge is 0.266 e. The summed E-state index contributed by atoms with van der Waals surface area (Å²) in [7, 11) is 1.62. The highest BCUT2D eigenvalue weighted by molar-refractivity contribution is 6.32. The topological polar surface area (TPSA) is 193 Å². The zero-order valence-corrected chi connectivity index (χ0v) is 42.6. The van der Waals surface area contributed by atoms with Crippen molar-refractivity contribution in [2.45, 2.75) is 104 Å². The highest BCUT2D eigenvalue weighted by atomic mass is 35.5. The number of nitrogens with zero attached hydrogens (tertiary/aromatic N) is 6. The molecule has 1 unspecified atom stereocenters. The molecule has 5 aromatic rings. The second kappa shape index (κ2) is 23.8. The van der Waals surface area contributed by atoms with Gasteiger partial charge in [0.25, 0.3) is 17.7 Å². The number of aromatic nitrogens is 3. The Balaban J connectivity index is 0.704. The largest absolute Gasteiger partial charge is 0.495 e. The fourth-order valence-electron chi connectivity index (χ4n) is 10.0. The summed E-state index contributed by atoms with van der Waals surface area (Å²) in [5.41, 5.74) is 6.80. The first-order chi connectivity index (χ1) is 34.8. The molecule has 0 radical (unpaired) electrons. The minimum atomic E-state index is -0.930. The third-order valence-electron chi connectivity index (χ3n) is 14.0. The van der Waals surface area contributed by atoms with Crippen molar-refractivity contribution >= 4 is 52.2 Å². The lowest BCUT2D eigenvalue weighted by Crippen LogP contribution is -2.52. The molecule has 5 heterocycles. The molecule has 5 amide bonds. The minimum Gasteiger partial charge on any atom is -0.495 e. The maximum Gasteiger partial charge on any atom is 0.266 e. The average molecular weight is 1000 g/mol. The summed E-state index contributed by atoms with van der Waals surface area (Å²) >= 11 is 6.48. The van der Waals surface area contributed by atoms with E-state index in [1.165, 1.54) is 6.07 Å². The highest BCUT2D eigenvalue weighted by Crippen LogP contribution is 2.35. The Kier molecular flexibility index (Phi) is 17.1. The van der Waals surface area contributed by atoms with Crippen LogP contribution in [0.25, 0.3) is 22.2 Å². The van der Waals surface area contributed by atoms with Crippen molar-refractivity contribution in [3.63, 3.8) is 0 Å². The van der Waals surface area contributed by atoms with E-state index in [1.54, 1.807) is 19.2 Å². The SMILES string of the molecule is C=C1CCC(N2C(=O)c3cccc(OCC(=O)NCCCCCCCCNC(=O)CN4CCN([C@@H](C)Cn5c(CCc6ccc(OC)c(Cl)c6)nc6cc(-c7c(C)noc7C)ccc65)CC4)c3C2=O)C(=O)N1. The van der Waals surface area contributed by atoms with Crippen LogP contribution >= 0.6 is 11.6 Å². The lowest BCUT2D eigenvalue weighted by Gasteiger charge is -2.38. The van der Waals surface area contributed by atoms with Gasteiger partial charge in [0, 0.05) is 69.5 Å². The number of aryl methyl sites for hydroxylation is 4. The number of hydrogen-bond donors (Lipinski definition) is 3. The minimum absolute atomic E-state index is 0.0546. The van der Waals surface area contributed by atoms with Gasteiger partial charge in [-0.25, -0.2) is 4.98 Å². The molecule has 2 fully saturated rings. The first kappa shape index (κ1) is 51.8. The standard InChI is InChI=1S/C54H66ClN9O8/c1-34-15-19-44(52(67)58-34)64-53(68)40-13-12-14-46(51(40)54(64)69)71-33-49(66)57-24-11-9-7-6-8-10-23-56-48(65)32-61-25-27-62(28-26-61)35(2)31-63-43-20-18-39(50-36(3)60-72-37(50)4)30-42(43)59-47(63)22-17-38-16-21-45(70-5)41(55)29-38/h12-14,16,18,20-21,29-30,35,44H,1,6-11,15,17,19,22-28,31-33H2,2-5H3,(H,56,65)(H,57,66)(H,58,67)/t35-,44?/m0/s1. The van der Waals surface area contributed by atoms with Crippen LogP contribution in [0.4, 0.5) is 0 Å². The summed E-state index contributed by atoms with van der Waals surface area (Å²) in [6.07, 6.45) is 7.99. The molecular formula is C54H66ClN9O8. The van der Waals surface area contributed by atoms with Crippen LogP contribution in [0.3, 0.4) is 0 Å². The molecule has 2 atom stereocenters. The van der Waals surface area contributed by atoms with Gasteiger partial charge in [-0.1, -0.05) is 67.2 Å². The molecule has 18 heteroatoms. The molecular weight excluding hydrogens is 938 g/mol. The van der Waals surface area contributed by atoms with Crippen molar-refractivity contribution in [2.24, 2.45) is 0 Å². The van der Waals surface area contributed by atoms with Crippen LogP contribution in [0.1, 0.15) is 102 Å². The molecule has 0 aliphatic carbocycles. The number of allylic oxidation sites excluding steroid dienone is 1. The molecule has 0 spiro atoms. The van der Waals surface area contributed by atoms with Crippen LogP contribution in [0.5, 0.6) is 11.5 Å². The Morgan fingerprint density at radius 2 is 1.62 bits per heavy atom. The number of methoxy groups -OCH3 is 1. The number of benzene rings is 3. The number of imide groups is 1. The maximum absolute atomic E-state index is 13.3. The molecule has 72 heavy (non-hydrogen) atoms. The van der Waals surface area contributed by atoms with Gasteiger partial charge in [0.05, 0.1) is 46.5 Å². The predicted molar refractivity (Wildman–Crippen MR) is 274 cm³/mol. The lowest BCUT2D eigenvalue weighted by molar-refractivity contribution is -0.125. The number of piperazine rings is 1. The normalized spacial score (nSPS) is 16.8.